The third-order valence-corrected chi connectivity index (χ3v) is 2.26. The van der Waals surface area contributed by atoms with Crippen LogP contribution in [0.5, 0.6) is 0 Å². The van der Waals surface area contributed by atoms with Crippen molar-refractivity contribution in [3.63, 3.8) is 0 Å². The van der Waals surface area contributed by atoms with Gasteiger partial charge in [0.25, 0.3) is 0 Å². The summed E-state index contributed by atoms with van der Waals surface area (Å²) < 4.78 is 0. The van der Waals surface area contributed by atoms with Gasteiger partial charge in [0, 0.05) is 13.1 Å². The molecule has 72 valence electrons. The number of nitrogens with zero attached hydrogens (tertiary/aromatic N) is 1. The molecule has 3 nitrogen and oxygen atoms in total. The summed E-state index contributed by atoms with van der Waals surface area (Å²) in [4.78, 5) is 0. The van der Waals surface area contributed by atoms with E-state index in [1.54, 1.807) is 0 Å². The molecule has 1 aliphatic rings. The molecule has 0 atom stereocenters. The smallest absolute Gasteiger partial charge is 0.0250 e. The first-order chi connectivity index (χ1) is 5.83. The Balaban J connectivity index is 1.75. The Morgan fingerprint density at radius 2 is 2.25 bits per heavy atom. The molecule has 0 amide bonds. The van der Waals surface area contributed by atoms with Gasteiger partial charge in [0.05, 0.1) is 0 Å². The molecular weight excluding hydrogens is 152 g/mol. The molecule has 0 aromatic heterocycles. The van der Waals surface area contributed by atoms with Crippen LogP contribution in [0.2, 0.25) is 0 Å². The lowest BCUT2D eigenvalue weighted by Crippen LogP contribution is -2.25. The predicted molar refractivity (Wildman–Crippen MR) is 49.2 cm³/mol. The molecule has 0 aliphatic heterocycles. The zero-order chi connectivity index (χ0) is 8.81. The SMILES string of the molecule is CCN(O)CCCNCC1CC1. The minimum absolute atomic E-state index is 0.725. The molecule has 2 N–H and O–H groups in total. The van der Waals surface area contributed by atoms with E-state index in [0.29, 0.717) is 0 Å². The Labute approximate surface area is 74.7 Å². The van der Waals surface area contributed by atoms with Crippen LogP contribution in [0, 0.1) is 5.92 Å². The van der Waals surface area contributed by atoms with Crippen LogP contribution in [0.4, 0.5) is 0 Å². The molecule has 0 aromatic carbocycles. The van der Waals surface area contributed by atoms with Gasteiger partial charge >= 0.3 is 0 Å². The maximum atomic E-state index is 9.08. The van der Waals surface area contributed by atoms with Crippen molar-refractivity contribution in [1.29, 1.82) is 0 Å². The third kappa shape index (κ3) is 4.70. The first-order valence-corrected chi connectivity index (χ1v) is 4.97. The second-order valence-electron chi connectivity index (χ2n) is 3.55. The number of hydrogen-bond acceptors (Lipinski definition) is 3. The van der Waals surface area contributed by atoms with Gasteiger partial charge in [-0.05, 0) is 38.3 Å². The molecule has 1 saturated carbocycles. The molecule has 0 aromatic rings. The summed E-state index contributed by atoms with van der Waals surface area (Å²) in [6.45, 7) is 5.68. The van der Waals surface area contributed by atoms with Gasteiger partial charge in [-0.1, -0.05) is 6.92 Å². The van der Waals surface area contributed by atoms with Gasteiger partial charge in [-0.3, -0.25) is 0 Å². The zero-order valence-corrected chi connectivity index (χ0v) is 7.92. The van der Waals surface area contributed by atoms with Crippen LogP contribution in [0.1, 0.15) is 26.2 Å². The van der Waals surface area contributed by atoms with Crippen LogP contribution in [0.15, 0.2) is 0 Å². The van der Waals surface area contributed by atoms with E-state index in [1.165, 1.54) is 24.4 Å². The number of hydrogen-bond donors (Lipinski definition) is 2. The number of rotatable bonds is 7. The van der Waals surface area contributed by atoms with Crippen molar-refractivity contribution in [3.05, 3.63) is 0 Å². The molecule has 0 radical (unpaired) electrons. The van der Waals surface area contributed by atoms with Crippen LogP contribution in [0.3, 0.4) is 0 Å². The van der Waals surface area contributed by atoms with Crippen LogP contribution in [-0.4, -0.2) is 36.4 Å². The molecule has 1 fully saturated rings. The van der Waals surface area contributed by atoms with Crippen molar-refractivity contribution in [1.82, 2.24) is 10.4 Å². The summed E-state index contributed by atoms with van der Waals surface area (Å²) >= 11 is 0. The van der Waals surface area contributed by atoms with Crippen LogP contribution >= 0.6 is 0 Å². The van der Waals surface area contributed by atoms with Crippen molar-refractivity contribution in [3.8, 4) is 0 Å². The van der Waals surface area contributed by atoms with Crippen LogP contribution in [0.25, 0.3) is 0 Å². The molecule has 1 rings (SSSR count). The van der Waals surface area contributed by atoms with Crippen LogP contribution < -0.4 is 5.32 Å². The average molecular weight is 172 g/mol. The quantitative estimate of drug-likeness (QED) is 0.446. The lowest BCUT2D eigenvalue weighted by Gasteiger charge is -2.11. The molecule has 1 aliphatic carbocycles. The molecule has 0 unspecified atom stereocenters. The highest BCUT2D eigenvalue weighted by Gasteiger charge is 2.19. The van der Waals surface area contributed by atoms with Gasteiger partial charge < -0.3 is 10.5 Å². The van der Waals surface area contributed by atoms with Gasteiger partial charge in [-0.25, -0.2) is 0 Å². The van der Waals surface area contributed by atoms with E-state index in [9.17, 15) is 0 Å². The second kappa shape index (κ2) is 5.51. The van der Waals surface area contributed by atoms with E-state index in [2.05, 4.69) is 5.32 Å². The van der Waals surface area contributed by atoms with Gasteiger partial charge in [-0.2, -0.15) is 5.06 Å². The molecule has 0 saturated heterocycles. The van der Waals surface area contributed by atoms with E-state index < -0.39 is 0 Å². The highest BCUT2D eigenvalue weighted by Crippen LogP contribution is 2.27. The van der Waals surface area contributed by atoms with Gasteiger partial charge in [0.1, 0.15) is 0 Å². The fraction of sp³-hybridized carbons (Fsp3) is 1.00. The minimum Gasteiger partial charge on any atom is -0.316 e. The van der Waals surface area contributed by atoms with Crippen molar-refractivity contribution in [2.24, 2.45) is 5.92 Å². The fourth-order valence-electron chi connectivity index (χ4n) is 1.17. The normalized spacial score (nSPS) is 17.2. The molecular formula is C9H20N2O. The van der Waals surface area contributed by atoms with Crippen molar-refractivity contribution < 1.29 is 5.21 Å². The summed E-state index contributed by atoms with van der Waals surface area (Å²) in [5.74, 6) is 0.960. The Hall–Kier alpha value is -0.120. The average Bonchev–Trinajstić information content (AvgIpc) is 2.87. The molecule has 0 heterocycles. The Kier molecular flexibility index (Phi) is 4.58. The lowest BCUT2D eigenvalue weighted by molar-refractivity contribution is -0.0864. The summed E-state index contributed by atoms with van der Waals surface area (Å²) in [6.07, 6.45) is 3.86. The van der Waals surface area contributed by atoms with Crippen molar-refractivity contribution in [2.75, 3.05) is 26.2 Å². The van der Waals surface area contributed by atoms with E-state index in [4.69, 9.17) is 5.21 Å². The van der Waals surface area contributed by atoms with E-state index >= 15 is 0 Å². The van der Waals surface area contributed by atoms with E-state index in [1.807, 2.05) is 6.92 Å². The molecule has 0 spiro atoms. The third-order valence-electron chi connectivity index (χ3n) is 2.26. The second-order valence-corrected chi connectivity index (χ2v) is 3.55. The Morgan fingerprint density at radius 1 is 1.50 bits per heavy atom. The molecule has 0 bridgehead atoms. The number of hydroxylamine groups is 2. The zero-order valence-electron chi connectivity index (χ0n) is 7.92. The highest BCUT2D eigenvalue weighted by atomic mass is 16.5. The Morgan fingerprint density at radius 3 is 2.83 bits per heavy atom. The lowest BCUT2D eigenvalue weighted by atomic mass is 10.3. The first-order valence-electron chi connectivity index (χ1n) is 4.97. The standard InChI is InChI=1S/C9H20N2O/c1-2-11(12)7-3-6-10-8-9-4-5-9/h9-10,12H,2-8H2,1H3. The van der Waals surface area contributed by atoms with E-state index in [-0.39, 0.29) is 0 Å². The van der Waals surface area contributed by atoms with Gasteiger partial charge in [0.15, 0.2) is 0 Å². The first kappa shape index (κ1) is 9.96. The summed E-state index contributed by atoms with van der Waals surface area (Å²) in [5, 5.41) is 13.8. The van der Waals surface area contributed by atoms with Crippen molar-refractivity contribution >= 4 is 0 Å². The predicted octanol–water partition coefficient (Wildman–Crippen LogP) is 1.09. The minimum atomic E-state index is 0.725. The maximum Gasteiger partial charge on any atom is 0.0250 e. The summed E-state index contributed by atoms with van der Waals surface area (Å²) in [5.41, 5.74) is 0. The van der Waals surface area contributed by atoms with Crippen LogP contribution in [-0.2, 0) is 0 Å². The molecule has 12 heavy (non-hydrogen) atoms. The van der Waals surface area contributed by atoms with Crippen molar-refractivity contribution in [2.45, 2.75) is 26.2 Å². The molecule has 3 heteroatoms. The van der Waals surface area contributed by atoms with Gasteiger partial charge in [-0.15, -0.1) is 0 Å². The topological polar surface area (TPSA) is 35.5 Å². The Bertz CT molecular complexity index is 115. The summed E-state index contributed by atoms with van der Waals surface area (Å²) in [6, 6.07) is 0. The fourth-order valence-corrected chi connectivity index (χ4v) is 1.17. The number of nitrogens with one attached hydrogen (secondary N) is 1. The van der Waals surface area contributed by atoms with Gasteiger partial charge in [0.2, 0.25) is 0 Å². The maximum absolute atomic E-state index is 9.08. The largest absolute Gasteiger partial charge is 0.316 e. The van der Waals surface area contributed by atoms with E-state index in [0.717, 1.165) is 32.0 Å². The highest BCUT2D eigenvalue weighted by molar-refractivity contribution is 4.74. The summed E-state index contributed by atoms with van der Waals surface area (Å²) in [7, 11) is 0. The monoisotopic (exact) mass is 172 g/mol.